The molecule has 0 saturated heterocycles. The molecule has 0 fully saturated rings. The van der Waals surface area contributed by atoms with E-state index in [0.29, 0.717) is 10.0 Å². The maximum atomic E-state index is 11.0. The van der Waals surface area contributed by atoms with Crippen LogP contribution in [-0.2, 0) is 3.74 Å². The van der Waals surface area contributed by atoms with E-state index in [9.17, 15) is 14.0 Å². The fraction of sp³-hybridized carbons (Fsp3) is 0.125. The minimum Gasteiger partial charge on any atom is -0.378 e. The molecule has 25 heavy (non-hydrogen) atoms. The molecule has 0 saturated carbocycles. The third kappa shape index (κ3) is 4.62. The highest BCUT2D eigenvalue weighted by Gasteiger charge is 2.33. The van der Waals surface area contributed by atoms with Gasteiger partial charge in [0.15, 0.2) is 0 Å². The lowest BCUT2D eigenvalue weighted by Gasteiger charge is -2.13. The molecular weight excluding hydrogens is 384 g/mol. The molecule has 1 aliphatic rings. The molecule has 0 aromatic heterocycles. The Labute approximate surface area is 154 Å². The second-order valence-electron chi connectivity index (χ2n) is 5.29. The number of nitrogens with zero attached hydrogens (tertiary/aromatic N) is 2. The first-order valence-corrected chi connectivity index (χ1v) is 10.9. The number of aliphatic imine (C=N–C) groups is 1. The molecule has 1 unspecified atom stereocenters. The fourth-order valence-corrected chi connectivity index (χ4v) is 6.43. The maximum Gasteiger partial charge on any atom is 0.200 e. The summed E-state index contributed by atoms with van der Waals surface area (Å²) in [7, 11) is -0.847. The van der Waals surface area contributed by atoms with Crippen LogP contribution in [0.3, 0.4) is 0 Å². The quantitative estimate of drug-likeness (QED) is 0.535. The van der Waals surface area contributed by atoms with Crippen molar-refractivity contribution < 1.29 is 28.0 Å². The van der Waals surface area contributed by atoms with Crippen molar-refractivity contribution in [1.29, 1.82) is 0 Å². The van der Waals surface area contributed by atoms with Gasteiger partial charge in [-0.2, -0.15) is 14.0 Å². The van der Waals surface area contributed by atoms with Gasteiger partial charge >= 0.3 is 0 Å². The molecule has 0 aliphatic carbocycles. The largest absolute Gasteiger partial charge is 0.378 e. The summed E-state index contributed by atoms with van der Waals surface area (Å²) in [6.45, 7) is 0. The van der Waals surface area contributed by atoms with Crippen molar-refractivity contribution >= 4 is 36.3 Å². The van der Waals surface area contributed by atoms with Gasteiger partial charge < -0.3 is 4.90 Å². The Morgan fingerprint density at radius 3 is 2.16 bits per heavy atom. The summed E-state index contributed by atoms with van der Waals surface area (Å²) in [4.78, 5) is 6.94. The van der Waals surface area contributed by atoms with Gasteiger partial charge in [0.1, 0.15) is 13.8 Å². The Bertz CT molecular complexity index is 818. The highest BCUT2D eigenvalue weighted by Crippen LogP contribution is 2.44. The van der Waals surface area contributed by atoms with E-state index in [-0.39, 0.29) is 0 Å². The van der Waals surface area contributed by atoms with Crippen molar-refractivity contribution in [3.05, 3.63) is 65.7 Å². The molecule has 1 atom stereocenters. The normalized spacial score (nSPS) is 17.6. The first-order chi connectivity index (χ1) is 11.8. The van der Waals surface area contributed by atoms with Crippen molar-refractivity contribution in [1.82, 2.24) is 0 Å². The van der Waals surface area contributed by atoms with E-state index in [1.54, 1.807) is 12.1 Å². The van der Waals surface area contributed by atoms with Crippen LogP contribution in [0.2, 0.25) is 0 Å². The van der Waals surface area contributed by atoms with Gasteiger partial charge in [-0.25, -0.2) is 4.99 Å². The highest BCUT2D eigenvalue weighted by molar-refractivity contribution is 8.87. The number of anilines is 1. The van der Waals surface area contributed by atoms with Gasteiger partial charge in [-0.1, -0.05) is 42.5 Å². The first-order valence-electron chi connectivity index (χ1n) is 7.16. The van der Waals surface area contributed by atoms with E-state index >= 15 is 0 Å². The molecule has 6 nitrogen and oxygen atoms in total. The summed E-state index contributed by atoms with van der Waals surface area (Å²) in [5, 5.41) is 0.617. The van der Waals surface area contributed by atoms with E-state index in [0.717, 1.165) is 27.6 Å². The standard InChI is InChI=1S/C16H15ClN2O4S2/c1-19(2)14-10-8-12(9-11-14)15-18-16(13-6-4-3-5-7-13)25(24-15)23-17(20,21)22/h3-11H,1-2H3. The molecule has 3 rings (SSSR count). The van der Waals surface area contributed by atoms with E-state index < -0.39 is 20.0 Å². The smallest absolute Gasteiger partial charge is 0.200 e. The zero-order valence-corrected chi connectivity index (χ0v) is 15.8. The third-order valence-electron chi connectivity index (χ3n) is 3.30. The second-order valence-corrected chi connectivity index (χ2v) is 9.37. The van der Waals surface area contributed by atoms with Crippen molar-refractivity contribution in [2.24, 2.45) is 4.99 Å². The SMILES string of the molecule is CN(C)c1ccc(C2=NC(c3ccccc3)=S(O[Cl+3]([O-])([O-])[O-])S2)cc1. The van der Waals surface area contributed by atoms with Crippen LogP contribution in [0.5, 0.6) is 0 Å². The van der Waals surface area contributed by atoms with E-state index in [4.69, 9.17) is 3.74 Å². The molecule has 9 heteroatoms. The van der Waals surface area contributed by atoms with Gasteiger partial charge in [0.2, 0.25) is 9.80 Å². The molecule has 2 aromatic carbocycles. The van der Waals surface area contributed by atoms with Crippen LogP contribution in [-0.4, -0.2) is 24.1 Å². The van der Waals surface area contributed by atoms with E-state index in [1.807, 2.05) is 61.5 Å². The van der Waals surface area contributed by atoms with Gasteiger partial charge in [-0.3, -0.25) is 0 Å². The van der Waals surface area contributed by atoms with Crippen LogP contribution in [0.1, 0.15) is 11.1 Å². The predicted molar refractivity (Wildman–Crippen MR) is 94.1 cm³/mol. The topological polar surface area (TPSA) is 94.0 Å². The maximum absolute atomic E-state index is 11.0. The molecule has 0 N–H and O–H groups in total. The molecule has 0 radical (unpaired) electrons. The second kappa shape index (κ2) is 7.46. The first kappa shape index (κ1) is 18.4. The summed E-state index contributed by atoms with van der Waals surface area (Å²) in [5.74, 6) is 0. The lowest BCUT2D eigenvalue weighted by molar-refractivity contribution is -1.91. The molecule has 0 bridgehead atoms. The number of rotatable bonds is 5. The molecule has 1 heterocycles. The van der Waals surface area contributed by atoms with Gasteiger partial charge in [0.25, 0.3) is 0 Å². The molecule has 132 valence electrons. The van der Waals surface area contributed by atoms with Crippen molar-refractivity contribution in [2.45, 2.75) is 0 Å². The predicted octanol–water partition coefficient (Wildman–Crippen LogP) is 0.437. The Hall–Kier alpha value is -1.39. The van der Waals surface area contributed by atoms with Crippen LogP contribution in [0, 0.1) is 10.2 Å². The van der Waals surface area contributed by atoms with Crippen molar-refractivity contribution in [2.75, 3.05) is 19.0 Å². The number of halogens is 1. The van der Waals surface area contributed by atoms with Crippen molar-refractivity contribution in [3.8, 4) is 0 Å². The number of benzene rings is 2. The average molecular weight is 399 g/mol. The Kier molecular flexibility index (Phi) is 5.49. The van der Waals surface area contributed by atoms with Gasteiger partial charge in [-0.05, 0) is 12.1 Å². The lowest BCUT2D eigenvalue weighted by Crippen LogP contribution is -2.60. The monoisotopic (exact) mass is 398 g/mol. The summed E-state index contributed by atoms with van der Waals surface area (Å²) in [5.41, 5.74) is 2.59. The van der Waals surface area contributed by atoms with Crippen LogP contribution in [0.25, 0.3) is 0 Å². The zero-order valence-electron chi connectivity index (χ0n) is 13.4. The molecule has 0 amide bonds. The molecular formula is C16H15ClN2O4S2. The Morgan fingerprint density at radius 1 is 0.960 bits per heavy atom. The van der Waals surface area contributed by atoms with Gasteiger partial charge in [0, 0.05) is 41.7 Å². The lowest BCUT2D eigenvalue weighted by atomic mass is 10.2. The Balaban J connectivity index is 1.94. The average Bonchev–Trinajstić information content (AvgIpc) is 2.97. The zero-order chi connectivity index (χ0) is 18.0. The molecule has 2 aromatic rings. The molecule has 0 spiro atoms. The van der Waals surface area contributed by atoms with E-state index in [2.05, 4.69) is 4.99 Å². The summed E-state index contributed by atoms with van der Waals surface area (Å²) >= 11 is 0. The van der Waals surface area contributed by atoms with Gasteiger partial charge in [0.05, 0.1) is 10.2 Å². The minimum absolute atomic E-state index is 0.434. The molecule has 1 aliphatic heterocycles. The highest BCUT2D eigenvalue weighted by atomic mass is 35.7. The fourth-order valence-electron chi connectivity index (χ4n) is 2.13. The van der Waals surface area contributed by atoms with Crippen molar-refractivity contribution in [3.63, 3.8) is 0 Å². The summed E-state index contributed by atoms with van der Waals surface area (Å²) in [6.07, 6.45) is 0. The van der Waals surface area contributed by atoms with Gasteiger partial charge in [-0.15, -0.1) is 0 Å². The van der Waals surface area contributed by atoms with Crippen LogP contribution in [0.15, 0.2) is 59.6 Å². The summed E-state index contributed by atoms with van der Waals surface area (Å²) in [6, 6.07) is 16.8. The van der Waals surface area contributed by atoms with Crippen LogP contribution in [0.4, 0.5) is 5.69 Å². The van der Waals surface area contributed by atoms with Crippen LogP contribution >= 0.6 is 20.6 Å². The summed E-state index contributed by atoms with van der Waals surface area (Å²) < 4.78 is 37.8. The minimum atomic E-state index is -4.54. The number of hydrogen-bond acceptors (Lipinski definition) is 7. The van der Waals surface area contributed by atoms with Crippen LogP contribution < -0.4 is 18.9 Å². The third-order valence-corrected chi connectivity index (χ3v) is 7.52. The Morgan fingerprint density at radius 2 is 1.60 bits per heavy atom. The number of hydrogen-bond donors (Lipinski definition) is 0. The van der Waals surface area contributed by atoms with E-state index in [1.165, 1.54) is 0 Å².